The molecule has 0 bridgehead atoms. The van der Waals surface area contributed by atoms with Crippen molar-refractivity contribution in [3.63, 3.8) is 0 Å². The highest BCUT2D eigenvalue weighted by molar-refractivity contribution is 5.98. The lowest BCUT2D eigenvalue weighted by atomic mass is 9.88. The van der Waals surface area contributed by atoms with Gasteiger partial charge in [0.25, 0.3) is 0 Å². The molecule has 194 valence electrons. The minimum absolute atomic E-state index is 0.0604. The highest BCUT2D eigenvalue weighted by Crippen LogP contribution is 2.38. The van der Waals surface area contributed by atoms with Crippen molar-refractivity contribution in [2.24, 2.45) is 0 Å². The highest BCUT2D eigenvalue weighted by atomic mass is 16.6. The molecule has 2 saturated heterocycles. The third-order valence-corrected chi connectivity index (χ3v) is 7.03. The van der Waals surface area contributed by atoms with Gasteiger partial charge in [-0.05, 0) is 23.6 Å². The Morgan fingerprint density at radius 1 is 0.974 bits per heavy atom. The van der Waals surface area contributed by atoms with E-state index < -0.39 is 30.3 Å². The first kappa shape index (κ1) is 25.4. The second-order valence-corrected chi connectivity index (χ2v) is 9.49. The van der Waals surface area contributed by atoms with Crippen molar-refractivity contribution in [1.29, 1.82) is 0 Å². The minimum atomic E-state index is -0.786. The maximum atomic E-state index is 13.7. The summed E-state index contributed by atoms with van der Waals surface area (Å²) in [5, 5.41) is 0. The van der Waals surface area contributed by atoms with Crippen molar-refractivity contribution >= 4 is 23.9 Å². The third kappa shape index (κ3) is 5.24. The number of carbonyl (C=O) groups excluding carboxylic acids is 3. The van der Waals surface area contributed by atoms with Gasteiger partial charge >= 0.3 is 6.09 Å². The van der Waals surface area contributed by atoms with E-state index in [0.717, 1.165) is 16.7 Å². The Morgan fingerprint density at radius 2 is 1.61 bits per heavy atom. The number of rotatable bonds is 10. The van der Waals surface area contributed by atoms with Crippen LogP contribution in [-0.2, 0) is 25.7 Å². The predicted octanol–water partition coefficient (Wildman–Crippen LogP) is 4.65. The third-order valence-electron chi connectivity index (χ3n) is 7.03. The minimum Gasteiger partial charge on any atom is -0.447 e. The number of likely N-dealkylation sites (tertiary alicyclic amines) is 1. The summed E-state index contributed by atoms with van der Waals surface area (Å²) in [6.07, 6.45) is 3.27. The molecular weight excluding hydrogens is 480 g/mol. The van der Waals surface area contributed by atoms with Crippen LogP contribution in [0.15, 0.2) is 97.1 Å². The number of Topliss-reactive ketones (excluding diaryl/α,β-unsaturated/α-hetero) is 1. The fourth-order valence-electron chi connectivity index (χ4n) is 5.06. The van der Waals surface area contributed by atoms with Gasteiger partial charge in [-0.25, -0.2) is 4.79 Å². The second kappa shape index (κ2) is 11.4. The number of amides is 2. The molecule has 7 heteroatoms. The van der Waals surface area contributed by atoms with Crippen LogP contribution in [0.2, 0.25) is 0 Å². The van der Waals surface area contributed by atoms with Gasteiger partial charge in [0.15, 0.2) is 5.78 Å². The summed E-state index contributed by atoms with van der Waals surface area (Å²) in [4.78, 5) is 42.5. The number of ether oxygens (including phenoxy) is 2. The molecule has 3 aromatic rings. The van der Waals surface area contributed by atoms with Crippen molar-refractivity contribution < 1.29 is 23.9 Å². The SMILES string of the molecule is CC(=O)[C@@H](COCc1ccccc1)N1C(=O)[C@@H](N2C(=O)OC[C@@H]2c2ccccc2)[C@H]1/C=C/c1ccccc1. The van der Waals surface area contributed by atoms with Crippen LogP contribution in [0.5, 0.6) is 0 Å². The number of cyclic esters (lactones) is 1. The molecular formula is C31H30N2O5. The number of nitrogens with zero attached hydrogens (tertiary/aromatic N) is 2. The first-order valence-corrected chi connectivity index (χ1v) is 12.7. The summed E-state index contributed by atoms with van der Waals surface area (Å²) < 4.78 is 11.3. The average Bonchev–Trinajstić information content (AvgIpc) is 3.32. The first-order valence-electron chi connectivity index (χ1n) is 12.7. The van der Waals surface area contributed by atoms with Gasteiger partial charge in [-0.2, -0.15) is 0 Å². The van der Waals surface area contributed by atoms with Crippen molar-refractivity contribution in [3.8, 4) is 0 Å². The Balaban J connectivity index is 1.42. The molecule has 3 aromatic carbocycles. The van der Waals surface area contributed by atoms with Gasteiger partial charge in [-0.3, -0.25) is 14.5 Å². The van der Waals surface area contributed by atoms with E-state index in [2.05, 4.69) is 0 Å². The highest BCUT2D eigenvalue weighted by Gasteiger charge is 2.57. The van der Waals surface area contributed by atoms with E-state index in [9.17, 15) is 14.4 Å². The molecule has 4 atom stereocenters. The Labute approximate surface area is 222 Å². The molecule has 2 aliphatic rings. The van der Waals surface area contributed by atoms with Crippen LogP contribution in [0, 0.1) is 0 Å². The van der Waals surface area contributed by atoms with Crippen molar-refractivity contribution in [2.45, 2.75) is 37.7 Å². The van der Waals surface area contributed by atoms with Crippen molar-refractivity contribution in [1.82, 2.24) is 9.80 Å². The van der Waals surface area contributed by atoms with Gasteiger partial charge < -0.3 is 14.4 Å². The number of ketones is 1. The molecule has 7 nitrogen and oxygen atoms in total. The van der Waals surface area contributed by atoms with Crippen LogP contribution >= 0.6 is 0 Å². The fraction of sp³-hybridized carbons (Fsp3) is 0.258. The van der Waals surface area contributed by atoms with E-state index >= 15 is 0 Å². The lowest BCUT2D eigenvalue weighted by Gasteiger charge is -2.52. The van der Waals surface area contributed by atoms with E-state index in [1.165, 1.54) is 11.8 Å². The molecule has 0 aliphatic carbocycles. The van der Waals surface area contributed by atoms with E-state index in [-0.39, 0.29) is 24.9 Å². The van der Waals surface area contributed by atoms with Gasteiger partial charge in [-0.15, -0.1) is 0 Å². The molecule has 2 aliphatic heterocycles. The van der Waals surface area contributed by atoms with Crippen LogP contribution in [-0.4, -0.2) is 58.9 Å². The monoisotopic (exact) mass is 510 g/mol. The molecule has 0 unspecified atom stereocenters. The van der Waals surface area contributed by atoms with Crippen LogP contribution in [0.4, 0.5) is 4.79 Å². The van der Waals surface area contributed by atoms with Crippen LogP contribution in [0.3, 0.4) is 0 Å². The second-order valence-electron chi connectivity index (χ2n) is 9.49. The molecule has 0 aromatic heterocycles. The number of benzene rings is 3. The topological polar surface area (TPSA) is 76.2 Å². The Hall–Kier alpha value is -4.23. The molecule has 2 amide bonds. The zero-order valence-corrected chi connectivity index (χ0v) is 21.2. The number of carbonyl (C=O) groups is 3. The summed E-state index contributed by atoms with van der Waals surface area (Å²) in [6.45, 7) is 2.02. The fourth-order valence-corrected chi connectivity index (χ4v) is 5.06. The van der Waals surface area contributed by atoms with Gasteiger partial charge in [0.2, 0.25) is 5.91 Å². The van der Waals surface area contributed by atoms with E-state index in [1.54, 1.807) is 4.90 Å². The summed E-state index contributed by atoms with van der Waals surface area (Å²) >= 11 is 0. The number of β-lactam (4-membered cyclic amide) rings is 1. The van der Waals surface area contributed by atoms with Gasteiger partial charge in [0.1, 0.15) is 18.7 Å². The standard InChI is InChI=1S/C31H30N2O5/c1-22(34)27(20-37-19-24-13-7-3-8-14-24)32-26(18-17-23-11-5-2-6-12-23)29(30(32)35)33-28(21-38-31(33)36)25-15-9-4-10-16-25/h2-18,26-29H,19-21H2,1H3/b18-17+/t26-,27-,28-,29+/m1/s1. The zero-order valence-electron chi connectivity index (χ0n) is 21.2. The normalized spacial score (nSPS) is 21.9. The van der Waals surface area contributed by atoms with Crippen LogP contribution in [0.1, 0.15) is 29.7 Å². The lowest BCUT2D eigenvalue weighted by molar-refractivity contribution is -0.164. The molecule has 0 N–H and O–H groups in total. The lowest BCUT2D eigenvalue weighted by Crippen LogP contribution is -2.74. The molecule has 0 radical (unpaired) electrons. The smallest absolute Gasteiger partial charge is 0.411 e. The number of hydrogen-bond acceptors (Lipinski definition) is 5. The van der Waals surface area contributed by atoms with Crippen molar-refractivity contribution in [2.75, 3.05) is 13.2 Å². The largest absolute Gasteiger partial charge is 0.447 e. The Morgan fingerprint density at radius 3 is 2.26 bits per heavy atom. The van der Waals surface area contributed by atoms with Gasteiger partial charge in [0.05, 0.1) is 25.3 Å². The summed E-state index contributed by atoms with van der Waals surface area (Å²) in [7, 11) is 0. The van der Waals surface area contributed by atoms with E-state index in [0.29, 0.717) is 6.61 Å². The molecule has 5 rings (SSSR count). The molecule has 38 heavy (non-hydrogen) atoms. The molecule has 0 saturated carbocycles. The van der Waals surface area contributed by atoms with E-state index in [1.807, 2.05) is 103 Å². The Kier molecular flexibility index (Phi) is 7.65. The predicted molar refractivity (Wildman–Crippen MR) is 143 cm³/mol. The van der Waals surface area contributed by atoms with Crippen molar-refractivity contribution in [3.05, 3.63) is 114 Å². The molecule has 2 fully saturated rings. The maximum absolute atomic E-state index is 13.7. The maximum Gasteiger partial charge on any atom is 0.411 e. The zero-order chi connectivity index (χ0) is 26.5. The van der Waals surface area contributed by atoms with Crippen LogP contribution in [0.25, 0.3) is 6.08 Å². The number of hydrogen-bond donors (Lipinski definition) is 0. The average molecular weight is 511 g/mol. The quantitative estimate of drug-likeness (QED) is 0.371. The van der Waals surface area contributed by atoms with Gasteiger partial charge in [-0.1, -0.05) is 103 Å². The van der Waals surface area contributed by atoms with E-state index in [4.69, 9.17) is 9.47 Å². The molecule has 2 heterocycles. The summed E-state index contributed by atoms with van der Waals surface area (Å²) in [5.41, 5.74) is 2.83. The summed E-state index contributed by atoms with van der Waals surface area (Å²) in [6, 6.07) is 26.4. The van der Waals surface area contributed by atoms with Crippen LogP contribution < -0.4 is 0 Å². The summed E-state index contributed by atoms with van der Waals surface area (Å²) in [5.74, 6) is -0.470. The first-order chi connectivity index (χ1) is 18.5. The van der Waals surface area contributed by atoms with Gasteiger partial charge in [0, 0.05) is 0 Å². The Bertz CT molecular complexity index is 1300. The molecule has 0 spiro atoms.